The molecule has 0 aromatic heterocycles. The monoisotopic (exact) mass is 202 g/mol. The number of hydrogen-bond acceptors (Lipinski definition) is 4. The lowest BCUT2D eigenvalue weighted by Gasteiger charge is -2.31. The van der Waals surface area contributed by atoms with E-state index in [0.717, 1.165) is 0 Å². The second kappa shape index (κ2) is 4.39. The molecule has 0 atom stereocenters. The molecule has 80 valence electrons. The molecule has 4 N–H and O–H groups in total. The van der Waals surface area contributed by atoms with E-state index in [-0.39, 0.29) is 0 Å². The number of ether oxygens (including phenoxy) is 1. The Kier molecular flexibility index (Phi) is 3.43. The number of rotatable bonds is 3. The summed E-state index contributed by atoms with van der Waals surface area (Å²) >= 11 is 0. The van der Waals surface area contributed by atoms with E-state index in [1.165, 1.54) is 0 Å². The molecule has 0 bridgehead atoms. The van der Waals surface area contributed by atoms with Crippen LogP contribution in [0, 0.1) is 0 Å². The van der Waals surface area contributed by atoms with Crippen molar-refractivity contribution in [2.24, 2.45) is 5.73 Å². The van der Waals surface area contributed by atoms with Gasteiger partial charge in [-0.15, -0.1) is 0 Å². The number of carbonyl (C=O) groups excluding carboxylic acids is 1. The summed E-state index contributed by atoms with van der Waals surface area (Å²) in [5, 5.41) is 10.6. The van der Waals surface area contributed by atoms with Gasteiger partial charge in [0.25, 0.3) is 0 Å². The van der Waals surface area contributed by atoms with Crippen molar-refractivity contribution in [1.29, 1.82) is 0 Å². The Morgan fingerprint density at radius 3 is 2.50 bits per heavy atom. The molecule has 1 amide bonds. The van der Waals surface area contributed by atoms with Gasteiger partial charge in [-0.25, -0.2) is 0 Å². The van der Waals surface area contributed by atoms with Crippen molar-refractivity contribution < 1.29 is 19.4 Å². The first kappa shape index (κ1) is 10.9. The van der Waals surface area contributed by atoms with Crippen molar-refractivity contribution in [1.82, 2.24) is 5.32 Å². The van der Waals surface area contributed by atoms with Gasteiger partial charge in [0.15, 0.2) is 0 Å². The van der Waals surface area contributed by atoms with Gasteiger partial charge in [0.05, 0.1) is 5.54 Å². The summed E-state index contributed by atoms with van der Waals surface area (Å²) < 4.78 is 5.06. The molecule has 1 aliphatic rings. The molecule has 1 heterocycles. The quantitative estimate of drug-likeness (QED) is 0.527. The van der Waals surface area contributed by atoms with Crippen LogP contribution in [-0.4, -0.2) is 42.3 Å². The van der Waals surface area contributed by atoms with Crippen LogP contribution >= 0.6 is 0 Å². The Morgan fingerprint density at radius 1 is 1.43 bits per heavy atom. The highest BCUT2D eigenvalue weighted by Crippen LogP contribution is 2.17. The minimum atomic E-state index is -1.07. The zero-order chi connectivity index (χ0) is 10.6. The van der Waals surface area contributed by atoms with E-state index in [2.05, 4.69) is 5.32 Å². The molecule has 0 aromatic rings. The van der Waals surface area contributed by atoms with E-state index in [0.29, 0.717) is 26.1 Å². The number of carbonyl (C=O) groups is 2. The Balaban J connectivity index is 2.45. The Bertz CT molecular complexity index is 235. The van der Waals surface area contributed by atoms with Crippen LogP contribution < -0.4 is 11.1 Å². The predicted molar refractivity (Wildman–Crippen MR) is 47.6 cm³/mol. The predicted octanol–water partition coefficient (Wildman–Crippen LogP) is -1.30. The number of carboxylic acid groups (broad SMARTS) is 1. The van der Waals surface area contributed by atoms with Gasteiger partial charge in [-0.1, -0.05) is 0 Å². The normalized spacial score (nSPS) is 20.1. The highest BCUT2D eigenvalue weighted by atomic mass is 16.5. The van der Waals surface area contributed by atoms with Crippen LogP contribution in [0.4, 0.5) is 0 Å². The molecule has 0 unspecified atom stereocenters. The van der Waals surface area contributed by atoms with E-state index in [1.54, 1.807) is 0 Å². The van der Waals surface area contributed by atoms with E-state index < -0.39 is 24.0 Å². The van der Waals surface area contributed by atoms with Gasteiger partial charge in [-0.2, -0.15) is 0 Å². The van der Waals surface area contributed by atoms with Gasteiger partial charge in [-0.3, -0.25) is 9.59 Å². The number of hydrogen-bond donors (Lipinski definition) is 3. The van der Waals surface area contributed by atoms with Crippen molar-refractivity contribution in [3.05, 3.63) is 0 Å². The summed E-state index contributed by atoms with van der Waals surface area (Å²) in [4.78, 5) is 21.7. The summed E-state index contributed by atoms with van der Waals surface area (Å²) in [5.41, 5.74) is 4.84. The van der Waals surface area contributed by atoms with E-state index >= 15 is 0 Å². The van der Waals surface area contributed by atoms with Crippen LogP contribution in [0.1, 0.15) is 12.8 Å². The van der Waals surface area contributed by atoms with Crippen LogP contribution in [0.15, 0.2) is 0 Å². The largest absolute Gasteiger partial charge is 0.480 e. The third kappa shape index (κ3) is 2.68. The second-order valence-electron chi connectivity index (χ2n) is 3.34. The third-order valence-corrected chi connectivity index (χ3v) is 2.24. The molecule has 1 saturated heterocycles. The second-order valence-corrected chi connectivity index (χ2v) is 3.34. The van der Waals surface area contributed by atoms with Crippen LogP contribution in [-0.2, 0) is 14.3 Å². The van der Waals surface area contributed by atoms with E-state index in [4.69, 9.17) is 15.6 Å². The zero-order valence-corrected chi connectivity index (χ0v) is 7.78. The van der Waals surface area contributed by atoms with Crippen LogP contribution in [0.25, 0.3) is 0 Å². The first-order valence-corrected chi connectivity index (χ1v) is 4.41. The number of amides is 1. The summed E-state index contributed by atoms with van der Waals surface area (Å²) in [6, 6.07) is 0. The average molecular weight is 202 g/mol. The SMILES string of the molecule is NC1(C(=O)NCC(=O)O)CCOCC1. The molecule has 0 aromatic carbocycles. The average Bonchev–Trinajstić information content (AvgIpc) is 2.15. The lowest BCUT2D eigenvalue weighted by atomic mass is 9.90. The molecule has 6 nitrogen and oxygen atoms in total. The fourth-order valence-electron chi connectivity index (χ4n) is 1.29. The van der Waals surface area contributed by atoms with Crippen molar-refractivity contribution in [2.45, 2.75) is 18.4 Å². The summed E-state index contributed by atoms with van der Waals surface area (Å²) in [6.07, 6.45) is 0.858. The topological polar surface area (TPSA) is 102 Å². The third-order valence-electron chi connectivity index (χ3n) is 2.24. The minimum absolute atomic E-state index is 0.390. The lowest BCUT2D eigenvalue weighted by Crippen LogP contribution is -2.57. The molecule has 1 fully saturated rings. The van der Waals surface area contributed by atoms with Crippen LogP contribution in [0.2, 0.25) is 0 Å². The van der Waals surface area contributed by atoms with E-state index in [9.17, 15) is 9.59 Å². The first-order valence-electron chi connectivity index (χ1n) is 4.41. The standard InChI is InChI=1S/C8H14N2O4/c9-8(1-3-14-4-2-8)7(13)10-5-6(11)12/h1-5,9H2,(H,10,13)(H,11,12). The summed E-state index contributed by atoms with van der Waals surface area (Å²) in [6.45, 7) is 0.493. The molecule has 1 rings (SSSR count). The Hall–Kier alpha value is -1.14. The molecular weight excluding hydrogens is 188 g/mol. The molecule has 14 heavy (non-hydrogen) atoms. The molecule has 0 aliphatic carbocycles. The number of carboxylic acids is 1. The number of nitrogens with one attached hydrogen (secondary N) is 1. The van der Waals surface area contributed by atoms with Gasteiger partial charge in [0, 0.05) is 13.2 Å². The fourth-order valence-corrected chi connectivity index (χ4v) is 1.29. The van der Waals surface area contributed by atoms with Crippen LogP contribution in [0.3, 0.4) is 0 Å². The van der Waals surface area contributed by atoms with Crippen molar-refractivity contribution >= 4 is 11.9 Å². The van der Waals surface area contributed by atoms with Gasteiger partial charge in [-0.05, 0) is 12.8 Å². The molecular formula is C8H14N2O4. The fraction of sp³-hybridized carbons (Fsp3) is 0.750. The van der Waals surface area contributed by atoms with Crippen molar-refractivity contribution in [2.75, 3.05) is 19.8 Å². The molecule has 0 saturated carbocycles. The summed E-state index contributed by atoms with van der Waals surface area (Å²) in [7, 11) is 0. The minimum Gasteiger partial charge on any atom is -0.480 e. The van der Waals surface area contributed by atoms with Gasteiger partial charge < -0.3 is 20.9 Å². The smallest absolute Gasteiger partial charge is 0.322 e. The molecule has 1 aliphatic heterocycles. The maximum Gasteiger partial charge on any atom is 0.322 e. The Morgan fingerprint density at radius 2 is 2.00 bits per heavy atom. The van der Waals surface area contributed by atoms with Crippen molar-refractivity contribution in [3.63, 3.8) is 0 Å². The Labute approximate surface area is 81.4 Å². The highest BCUT2D eigenvalue weighted by molar-refractivity contribution is 5.88. The lowest BCUT2D eigenvalue weighted by molar-refractivity contribution is -0.139. The van der Waals surface area contributed by atoms with E-state index in [1.807, 2.05) is 0 Å². The van der Waals surface area contributed by atoms with Gasteiger partial charge in [0.2, 0.25) is 5.91 Å². The molecule has 6 heteroatoms. The first-order chi connectivity index (χ1) is 6.54. The van der Waals surface area contributed by atoms with Gasteiger partial charge in [0.1, 0.15) is 6.54 Å². The highest BCUT2D eigenvalue weighted by Gasteiger charge is 2.35. The molecule has 0 radical (unpaired) electrons. The van der Waals surface area contributed by atoms with Gasteiger partial charge >= 0.3 is 5.97 Å². The van der Waals surface area contributed by atoms with Crippen LogP contribution in [0.5, 0.6) is 0 Å². The molecule has 0 spiro atoms. The zero-order valence-electron chi connectivity index (χ0n) is 7.78. The summed E-state index contributed by atoms with van der Waals surface area (Å²) in [5.74, 6) is -1.49. The number of aliphatic carboxylic acids is 1. The maximum absolute atomic E-state index is 11.5. The van der Waals surface area contributed by atoms with Crippen molar-refractivity contribution in [3.8, 4) is 0 Å². The number of nitrogens with two attached hydrogens (primary N) is 1. The maximum atomic E-state index is 11.5.